The summed E-state index contributed by atoms with van der Waals surface area (Å²) in [5.74, 6) is 2.03. The van der Waals surface area contributed by atoms with Crippen molar-refractivity contribution in [3.05, 3.63) is 65.7 Å². The lowest BCUT2D eigenvalue weighted by Gasteiger charge is -2.34. The van der Waals surface area contributed by atoms with Gasteiger partial charge in [0.05, 0.1) is 18.3 Å². The highest BCUT2D eigenvalue weighted by Gasteiger charge is 2.23. The van der Waals surface area contributed by atoms with E-state index in [9.17, 15) is 0 Å². The second-order valence-corrected chi connectivity index (χ2v) is 11.1. The number of methoxy groups -OCH3 is 1. The maximum atomic E-state index is 5.18. The number of rotatable bonds is 9. The van der Waals surface area contributed by atoms with Crippen LogP contribution in [-0.2, 0) is 11.3 Å². The van der Waals surface area contributed by atoms with Crippen LogP contribution in [0.2, 0.25) is 0 Å². The zero-order valence-electron chi connectivity index (χ0n) is 23.7. The minimum Gasteiger partial charge on any atom is -0.383 e. The largest absolute Gasteiger partial charge is 0.383 e. The first-order valence-electron chi connectivity index (χ1n) is 14.7. The molecule has 0 amide bonds. The number of nitrogens with zero attached hydrogens (tertiary/aromatic N) is 7. The quantitative estimate of drug-likeness (QED) is 0.300. The molecule has 210 valence electrons. The molecule has 1 saturated heterocycles. The molecule has 4 aromatic rings. The molecular weight excluding hydrogens is 500 g/mol. The fourth-order valence-corrected chi connectivity index (χ4v) is 6.02. The molecule has 9 heteroatoms. The van der Waals surface area contributed by atoms with Gasteiger partial charge in [0.25, 0.3) is 0 Å². The standard InChI is InChI=1S/C31H40N8O/c1-23-12-13-33-31(35-23)38-17-15-37(16-18-38)22-24-8-10-25(11-9-24)27-20-28(26-6-4-3-5-7-26)39-29(27)21-34-30(36-39)32-14-19-40-2/h8-13,20-21,26H,3-7,14-19,22H2,1-2H3,(H,32,36). The second-order valence-electron chi connectivity index (χ2n) is 11.1. The highest BCUT2D eigenvalue weighted by atomic mass is 16.5. The van der Waals surface area contributed by atoms with E-state index in [1.165, 1.54) is 54.5 Å². The van der Waals surface area contributed by atoms with Crippen LogP contribution in [0.5, 0.6) is 0 Å². The Hall–Kier alpha value is -3.56. The van der Waals surface area contributed by atoms with Crippen molar-refractivity contribution in [3.63, 3.8) is 0 Å². The van der Waals surface area contributed by atoms with Crippen molar-refractivity contribution in [1.29, 1.82) is 0 Å². The number of fused-ring (bicyclic) bond motifs is 1. The smallest absolute Gasteiger partial charge is 0.241 e. The summed E-state index contributed by atoms with van der Waals surface area (Å²) in [6, 6.07) is 13.4. The van der Waals surface area contributed by atoms with Gasteiger partial charge in [-0.3, -0.25) is 4.90 Å². The van der Waals surface area contributed by atoms with E-state index in [2.05, 4.69) is 64.9 Å². The van der Waals surface area contributed by atoms with E-state index in [4.69, 9.17) is 9.84 Å². The summed E-state index contributed by atoms with van der Waals surface area (Å²) >= 11 is 0. The third-order valence-corrected chi connectivity index (χ3v) is 8.27. The number of hydrogen-bond acceptors (Lipinski definition) is 8. The number of hydrogen-bond donors (Lipinski definition) is 1. The van der Waals surface area contributed by atoms with Gasteiger partial charge in [0.2, 0.25) is 11.9 Å². The molecule has 0 bridgehead atoms. The van der Waals surface area contributed by atoms with Gasteiger partial charge in [-0.05, 0) is 43.0 Å². The van der Waals surface area contributed by atoms with E-state index in [0.29, 0.717) is 25.0 Å². The number of piperazine rings is 1. The molecule has 0 radical (unpaired) electrons. The normalized spacial score (nSPS) is 17.0. The van der Waals surface area contributed by atoms with Crippen molar-refractivity contribution in [2.75, 3.05) is 56.7 Å². The average molecular weight is 541 g/mol. The zero-order valence-corrected chi connectivity index (χ0v) is 23.7. The highest BCUT2D eigenvalue weighted by Crippen LogP contribution is 2.37. The van der Waals surface area contributed by atoms with Gasteiger partial charge in [-0.1, -0.05) is 43.5 Å². The first-order valence-corrected chi connectivity index (χ1v) is 14.7. The van der Waals surface area contributed by atoms with Gasteiger partial charge in [-0.15, -0.1) is 5.10 Å². The summed E-state index contributed by atoms with van der Waals surface area (Å²) in [6.07, 6.45) is 10.2. The Kier molecular flexibility index (Phi) is 8.20. The SMILES string of the molecule is COCCNc1ncc2c(-c3ccc(CN4CCN(c5nccc(C)n5)CC4)cc3)cc(C3CCCCC3)n2n1. The molecule has 40 heavy (non-hydrogen) atoms. The second kappa shape index (κ2) is 12.3. The molecule has 0 atom stereocenters. The molecule has 1 aliphatic carbocycles. The Morgan fingerprint density at radius 1 is 0.975 bits per heavy atom. The summed E-state index contributed by atoms with van der Waals surface area (Å²) in [6.45, 7) is 8.19. The zero-order chi connectivity index (χ0) is 27.3. The molecule has 6 rings (SSSR count). The predicted molar refractivity (Wildman–Crippen MR) is 159 cm³/mol. The number of aromatic nitrogens is 5. The molecule has 4 heterocycles. The van der Waals surface area contributed by atoms with Crippen molar-refractivity contribution < 1.29 is 4.74 Å². The molecule has 1 aromatic carbocycles. The molecule has 3 aromatic heterocycles. The van der Waals surface area contributed by atoms with Gasteiger partial charge in [-0.25, -0.2) is 19.5 Å². The molecule has 9 nitrogen and oxygen atoms in total. The van der Waals surface area contributed by atoms with Crippen molar-refractivity contribution in [3.8, 4) is 11.1 Å². The number of anilines is 2. The van der Waals surface area contributed by atoms with Gasteiger partial charge < -0.3 is 15.0 Å². The number of ether oxygens (including phenoxy) is 1. The van der Waals surface area contributed by atoms with Crippen LogP contribution in [-0.4, -0.2) is 75.9 Å². The first-order chi connectivity index (χ1) is 19.7. The van der Waals surface area contributed by atoms with Crippen molar-refractivity contribution in [2.45, 2.75) is 51.5 Å². The molecule has 1 aliphatic heterocycles. The molecule has 2 aliphatic rings. The molecule has 0 spiro atoms. The summed E-state index contributed by atoms with van der Waals surface area (Å²) in [5.41, 5.74) is 7.15. The third kappa shape index (κ3) is 5.95. The van der Waals surface area contributed by atoms with E-state index >= 15 is 0 Å². The Bertz CT molecular complexity index is 1400. The maximum Gasteiger partial charge on any atom is 0.241 e. The van der Waals surface area contributed by atoms with E-state index in [1.54, 1.807) is 7.11 Å². The Balaban J connectivity index is 1.17. The van der Waals surface area contributed by atoms with Crippen LogP contribution in [0.4, 0.5) is 11.9 Å². The summed E-state index contributed by atoms with van der Waals surface area (Å²) in [7, 11) is 1.71. The lowest BCUT2D eigenvalue weighted by molar-refractivity contribution is 0.210. The number of benzene rings is 1. The molecule has 1 N–H and O–H groups in total. The maximum absolute atomic E-state index is 5.18. The predicted octanol–water partition coefficient (Wildman–Crippen LogP) is 4.92. The van der Waals surface area contributed by atoms with Crippen molar-refractivity contribution >= 4 is 17.4 Å². The van der Waals surface area contributed by atoms with Gasteiger partial charge in [-0.2, -0.15) is 0 Å². The van der Waals surface area contributed by atoms with Crippen LogP contribution in [0.1, 0.15) is 55.0 Å². The van der Waals surface area contributed by atoms with Crippen LogP contribution < -0.4 is 10.2 Å². The minimum atomic E-state index is 0.542. The van der Waals surface area contributed by atoms with E-state index < -0.39 is 0 Å². The topological polar surface area (TPSA) is 83.7 Å². The number of aryl methyl sites for hydroxylation is 1. The van der Waals surface area contributed by atoms with Gasteiger partial charge in [0.1, 0.15) is 0 Å². The van der Waals surface area contributed by atoms with Crippen LogP contribution >= 0.6 is 0 Å². The van der Waals surface area contributed by atoms with E-state index in [1.807, 2.05) is 25.4 Å². The minimum absolute atomic E-state index is 0.542. The van der Waals surface area contributed by atoms with Crippen molar-refractivity contribution in [2.24, 2.45) is 0 Å². The van der Waals surface area contributed by atoms with Crippen LogP contribution in [0.25, 0.3) is 16.6 Å². The lowest BCUT2D eigenvalue weighted by atomic mass is 9.87. The highest BCUT2D eigenvalue weighted by molar-refractivity contribution is 5.81. The van der Waals surface area contributed by atoms with E-state index in [-0.39, 0.29) is 0 Å². The summed E-state index contributed by atoms with van der Waals surface area (Å²) < 4.78 is 7.32. The van der Waals surface area contributed by atoms with Crippen LogP contribution in [0, 0.1) is 6.92 Å². The Labute approximate surface area is 236 Å². The van der Waals surface area contributed by atoms with Crippen LogP contribution in [0.15, 0.2) is 48.8 Å². The molecule has 0 unspecified atom stereocenters. The Morgan fingerprint density at radius 2 is 1.77 bits per heavy atom. The summed E-state index contributed by atoms with van der Waals surface area (Å²) in [5, 5.41) is 8.21. The molecular formula is C31H40N8O. The molecule has 1 saturated carbocycles. The Morgan fingerprint density at radius 3 is 2.52 bits per heavy atom. The molecule has 2 fully saturated rings. The van der Waals surface area contributed by atoms with E-state index in [0.717, 1.165) is 49.9 Å². The first kappa shape index (κ1) is 26.7. The van der Waals surface area contributed by atoms with Crippen molar-refractivity contribution in [1.82, 2.24) is 29.5 Å². The van der Waals surface area contributed by atoms with Gasteiger partial charge >= 0.3 is 0 Å². The lowest BCUT2D eigenvalue weighted by Crippen LogP contribution is -2.46. The van der Waals surface area contributed by atoms with Gasteiger partial charge in [0.15, 0.2) is 0 Å². The fourth-order valence-electron chi connectivity index (χ4n) is 6.02. The van der Waals surface area contributed by atoms with Crippen LogP contribution in [0.3, 0.4) is 0 Å². The monoisotopic (exact) mass is 540 g/mol. The summed E-state index contributed by atoms with van der Waals surface area (Å²) in [4.78, 5) is 18.5. The average Bonchev–Trinajstić information content (AvgIpc) is 3.37. The third-order valence-electron chi connectivity index (χ3n) is 8.27. The number of nitrogens with one attached hydrogen (secondary N) is 1. The fraction of sp³-hybridized carbons (Fsp3) is 0.484. The van der Waals surface area contributed by atoms with Gasteiger partial charge in [0, 0.05) is 75.4 Å².